The minimum Gasteiger partial charge on any atom is -0.492 e. The number of hydrogen-bond donors (Lipinski definition) is 3. The zero-order valence-electron chi connectivity index (χ0n) is 16.0. The summed E-state index contributed by atoms with van der Waals surface area (Å²) in [6.07, 6.45) is 3.48. The highest BCUT2D eigenvalue weighted by Crippen LogP contribution is 2.25. The van der Waals surface area contributed by atoms with Gasteiger partial charge in [0.2, 0.25) is 0 Å². The minimum absolute atomic E-state index is 0.370. The van der Waals surface area contributed by atoms with Crippen molar-refractivity contribution in [2.24, 2.45) is 0 Å². The van der Waals surface area contributed by atoms with Crippen LogP contribution < -0.4 is 20.7 Å². The highest BCUT2D eigenvalue weighted by atomic mass is 35.5. The van der Waals surface area contributed by atoms with Gasteiger partial charge in [0.15, 0.2) is 0 Å². The number of anilines is 2. The van der Waals surface area contributed by atoms with E-state index >= 15 is 0 Å². The molecule has 0 bridgehead atoms. The monoisotopic (exact) mass is 409 g/mol. The van der Waals surface area contributed by atoms with Crippen LogP contribution in [0.2, 0.25) is 10.0 Å². The van der Waals surface area contributed by atoms with Crippen molar-refractivity contribution in [2.45, 2.75) is 32.2 Å². The summed E-state index contributed by atoms with van der Waals surface area (Å²) >= 11 is 12.1. The lowest BCUT2D eigenvalue weighted by atomic mass is 10.1. The molecule has 0 saturated heterocycles. The molecule has 0 fully saturated rings. The number of benzene rings is 2. The number of nitrogens with one attached hydrogen (secondary N) is 3. The van der Waals surface area contributed by atoms with Gasteiger partial charge < -0.3 is 20.7 Å². The number of hydrogen-bond acceptors (Lipinski definition) is 4. The van der Waals surface area contributed by atoms with Crippen LogP contribution in [-0.4, -0.2) is 32.8 Å². The Hall–Kier alpha value is -1.62. The third-order valence-corrected chi connectivity index (χ3v) is 5.06. The van der Waals surface area contributed by atoms with E-state index in [2.05, 4.69) is 22.9 Å². The van der Waals surface area contributed by atoms with Gasteiger partial charge in [-0.3, -0.25) is 0 Å². The van der Waals surface area contributed by atoms with E-state index in [1.807, 2.05) is 49.5 Å². The number of unbranched alkanes of at least 4 members (excludes halogenated alkanes) is 1. The van der Waals surface area contributed by atoms with Crippen LogP contribution in [0.5, 0.6) is 5.75 Å². The van der Waals surface area contributed by atoms with E-state index in [1.54, 1.807) is 0 Å². The number of halogens is 2. The minimum atomic E-state index is 0.370. The molecule has 0 aromatic heterocycles. The van der Waals surface area contributed by atoms with Gasteiger partial charge in [0, 0.05) is 37.6 Å². The van der Waals surface area contributed by atoms with E-state index in [4.69, 9.17) is 27.9 Å². The molecule has 2 aromatic rings. The van der Waals surface area contributed by atoms with Crippen molar-refractivity contribution in [2.75, 3.05) is 37.4 Å². The van der Waals surface area contributed by atoms with Crippen LogP contribution >= 0.6 is 23.2 Å². The molecule has 0 saturated carbocycles. The first-order valence-corrected chi connectivity index (χ1v) is 10.2. The molecule has 0 radical (unpaired) electrons. The van der Waals surface area contributed by atoms with Crippen molar-refractivity contribution in [3.8, 4) is 5.75 Å². The number of ether oxygens (including phenoxy) is 1. The summed E-state index contributed by atoms with van der Waals surface area (Å²) in [6, 6.07) is 14.0. The zero-order valence-corrected chi connectivity index (χ0v) is 17.5. The Morgan fingerprint density at radius 3 is 2.41 bits per heavy atom. The summed E-state index contributed by atoms with van der Waals surface area (Å²) in [5.74, 6) is 0.884. The van der Waals surface area contributed by atoms with Crippen molar-refractivity contribution < 1.29 is 4.74 Å². The maximum Gasteiger partial charge on any atom is 0.119 e. The van der Waals surface area contributed by atoms with Gasteiger partial charge in [-0.25, -0.2) is 0 Å². The maximum absolute atomic E-state index is 6.08. The Morgan fingerprint density at radius 1 is 1.00 bits per heavy atom. The lowest BCUT2D eigenvalue weighted by Gasteiger charge is -2.20. The molecule has 0 aliphatic rings. The molecular formula is C21H29Cl2N3O. The van der Waals surface area contributed by atoms with E-state index in [1.165, 1.54) is 12.8 Å². The number of rotatable bonds is 12. The normalized spacial score (nSPS) is 11.9. The van der Waals surface area contributed by atoms with E-state index < -0.39 is 0 Å². The molecule has 4 nitrogen and oxygen atoms in total. The van der Waals surface area contributed by atoms with Gasteiger partial charge in [-0.1, -0.05) is 43.0 Å². The lowest BCUT2D eigenvalue weighted by molar-refractivity contribution is 0.303. The Labute approximate surface area is 172 Å². The maximum atomic E-state index is 6.08. The smallest absolute Gasteiger partial charge is 0.119 e. The molecule has 0 amide bonds. The Morgan fingerprint density at radius 2 is 1.74 bits per heavy atom. The summed E-state index contributed by atoms with van der Waals surface area (Å²) in [6.45, 7) is 4.47. The van der Waals surface area contributed by atoms with Crippen molar-refractivity contribution in [1.82, 2.24) is 5.32 Å². The quantitative estimate of drug-likeness (QED) is 0.394. The lowest BCUT2D eigenvalue weighted by Crippen LogP contribution is -2.37. The first-order valence-electron chi connectivity index (χ1n) is 9.45. The van der Waals surface area contributed by atoms with Crippen LogP contribution in [0.25, 0.3) is 0 Å². The molecule has 2 rings (SSSR count). The molecule has 1 atom stereocenters. The van der Waals surface area contributed by atoms with Crippen molar-refractivity contribution in [3.05, 3.63) is 52.5 Å². The third kappa shape index (κ3) is 7.87. The molecule has 0 aliphatic heterocycles. The van der Waals surface area contributed by atoms with E-state index in [0.717, 1.165) is 36.6 Å². The van der Waals surface area contributed by atoms with E-state index in [-0.39, 0.29) is 0 Å². The van der Waals surface area contributed by atoms with Crippen molar-refractivity contribution in [1.29, 1.82) is 0 Å². The summed E-state index contributed by atoms with van der Waals surface area (Å²) in [5, 5.41) is 11.3. The van der Waals surface area contributed by atoms with Crippen molar-refractivity contribution in [3.63, 3.8) is 0 Å². The average molecular weight is 410 g/mol. The fourth-order valence-electron chi connectivity index (χ4n) is 2.72. The molecule has 0 heterocycles. The van der Waals surface area contributed by atoms with Gasteiger partial charge in [-0.15, -0.1) is 0 Å². The van der Waals surface area contributed by atoms with Crippen LogP contribution in [-0.2, 0) is 0 Å². The summed E-state index contributed by atoms with van der Waals surface area (Å²) in [5.41, 5.74) is 2.06. The Balaban J connectivity index is 1.76. The van der Waals surface area contributed by atoms with E-state index in [0.29, 0.717) is 22.7 Å². The fraction of sp³-hybridized carbons (Fsp3) is 0.429. The predicted octanol–water partition coefficient (Wildman–Crippen LogP) is 5.67. The largest absolute Gasteiger partial charge is 0.492 e. The topological polar surface area (TPSA) is 45.3 Å². The van der Waals surface area contributed by atoms with Crippen LogP contribution in [0.3, 0.4) is 0 Å². The fourth-order valence-corrected chi connectivity index (χ4v) is 3.02. The van der Waals surface area contributed by atoms with Gasteiger partial charge in [-0.2, -0.15) is 0 Å². The second-order valence-corrected chi connectivity index (χ2v) is 7.24. The summed E-state index contributed by atoms with van der Waals surface area (Å²) in [7, 11) is 1.91. The van der Waals surface area contributed by atoms with Crippen LogP contribution in [0, 0.1) is 0 Å². The Bertz CT molecular complexity index is 680. The van der Waals surface area contributed by atoms with Crippen LogP contribution in [0.15, 0.2) is 42.5 Å². The van der Waals surface area contributed by atoms with Gasteiger partial charge >= 0.3 is 0 Å². The van der Waals surface area contributed by atoms with Crippen LogP contribution in [0.4, 0.5) is 11.4 Å². The van der Waals surface area contributed by atoms with Crippen molar-refractivity contribution >= 4 is 34.6 Å². The summed E-state index contributed by atoms with van der Waals surface area (Å²) < 4.78 is 5.81. The van der Waals surface area contributed by atoms with Gasteiger partial charge in [0.05, 0.1) is 10.0 Å². The molecular weight excluding hydrogens is 381 g/mol. The molecule has 0 unspecified atom stereocenters. The summed E-state index contributed by atoms with van der Waals surface area (Å²) in [4.78, 5) is 0. The van der Waals surface area contributed by atoms with Gasteiger partial charge in [-0.05, 0) is 48.9 Å². The molecule has 6 heteroatoms. The standard InChI is InChI=1S/C21H29Cl2N3O/c1-3-4-5-18(15-26-17-8-11-20(22)21(23)14-17)25-12-13-27-19-9-6-16(24-2)7-10-19/h6-11,14,18,24-26H,3-5,12-13,15H2,1-2H3/t18-/m1/s1. The Kier molecular flexibility index (Phi) is 9.60. The van der Waals surface area contributed by atoms with Crippen LogP contribution in [0.1, 0.15) is 26.2 Å². The molecule has 0 spiro atoms. The molecule has 0 aliphatic carbocycles. The molecule has 2 aromatic carbocycles. The van der Waals surface area contributed by atoms with Gasteiger partial charge in [0.1, 0.15) is 12.4 Å². The molecule has 148 valence electrons. The first kappa shape index (κ1) is 21.7. The van der Waals surface area contributed by atoms with Gasteiger partial charge in [0.25, 0.3) is 0 Å². The van der Waals surface area contributed by atoms with E-state index in [9.17, 15) is 0 Å². The highest BCUT2D eigenvalue weighted by molar-refractivity contribution is 6.42. The molecule has 27 heavy (non-hydrogen) atoms. The zero-order chi connectivity index (χ0) is 19.5. The molecule has 3 N–H and O–H groups in total. The first-order chi connectivity index (χ1) is 13.1. The third-order valence-electron chi connectivity index (χ3n) is 4.33. The predicted molar refractivity (Wildman–Crippen MR) is 118 cm³/mol. The average Bonchev–Trinajstić information content (AvgIpc) is 2.69. The SMILES string of the molecule is CCCC[C@H](CNc1ccc(Cl)c(Cl)c1)NCCOc1ccc(NC)cc1. The highest BCUT2D eigenvalue weighted by Gasteiger charge is 2.08. The second-order valence-electron chi connectivity index (χ2n) is 6.43. The second kappa shape index (κ2) is 12.0.